The van der Waals surface area contributed by atoms with E-state index in [1.807, 2.05) is 39.0 Å². The first kappa shape index (κ1) is 23.6. The van der Waals surface area contributed by atoms with Crippen LogP contribution in [-0.4, -0.2) is 20.4 Å². The van der Waals surface area contributed by atoms with E-state index in [2.05, 4.69) is 10.0 Å². The van der Waals surface area contributed by atoms with Crippen LogP contribution in [-0.2, 0) is 14.8 Å². The number of halogens is 1. The maximum Gasteiger partial charge on any atom is 0.265 e. The van der Waals surface area contributed by atoms with Gasteiger partial charge < -0.3 is 10.1 Å². The molecule has 2 N–H and O–H groups in total. The van der Waals surface area contributed by atoms with Gasteiger partial charge in [-0.15, -0.1) is 0 Å². The Bertz CT molecular complexity index is 1190. The highest BCUT2D eigenvalue weighted by Crippen LogP contribution is 2.26. The minimum Gasteiger partial charge on any atom is -0.479 e. The molecule has 3 aromatic carbocycles. The zero-order chi connectivity index (χ0) is 23.3. The lowest BCUT2D eigenvalue weighted by Gasteiger charge is -2.18. The first-order valence-electron chi connectivity index (χ1n) is 10.1. The van der Waals surface area contributed by atoms with E-state index in [9.17, 15) is 13.2 Å². The number of amides is 1. The van der Waals surface area contributed by atoms with Crippen molar-refractivity contribution >= 4 is 38.9 Å². The summed E-state index contributed by atoms with van der Waals surface area (Å²) < 4.78 is 34.0. The lowest BCUT2D eigenvalue weighted by molar-refractivity contribution is -0.122. The Morgan fingerprint density at radius 2 is 1.59 bits per heavy atom. The molecule has 0 bridgehead atoms. The topological polar surface area (TPSA) is 84.5 Å². The molecule has 3 rings (SSSR count). The maximum atomic E-state index is 12.8. The van der Waals surface area contributed by atoms with Crippen molar-refractivity contribution in [2.75, 3.05) is 10.0 Å². The van der Waals surface area contributed by atoms with Crippen LogP contribution in [0.2, 0.25) is 5.02 Å². The van der Waals surface area contributed by atoms with Crippen LogP contribution >= 0.6 is 11.6 Å². The minimum atomic E-state index is -3.77. The van der Waals surface area contributed by atoms with Gasteiger partial charge in [-0.2, -0.15) is 0 Å². The second-order valence-corrected chi connectivity index (χ2v) is 9.42. The molecule has 1 amide bonds. The third-order valence-electron chi connectivity index (χ3n) is 4.92. The summed E-state index contributed by atoms with van der Waals surface area (Å²) in [6.45, 7) is 5.52. The Balaban J connectivity index is 1.70. The van der Waals surface area contributed by atoms with E-state index in [4.69, 9.17) is 16.3 Å². The van der Waals surface area contributed by atoms with Crippen LogP contribution in [0.4, 0.5) is 11.4 Å². The molecule has 0 aliphatic rings. The third-order valence-corrected chi connectivity index (χ3v) is 6.60. The summed E-state index contributed by atoms with van der Waals surface area (Å²) in [6, 6.07) is 18.5. The molecule has 32 heavy (non-hydrogen) atoms. The van der Waals surface area contributed by atoms with Crippen molar-refractivity contribution in [3.8, 4) is 5.75 Å². The van der Waals surface area contributed by atoms with Crippen molar-refractivity contribution in [3.05, 3.63) is 82.9 Å². The van der Waals surface area contributed by atoms with Crippen LogP contribution in [0.1, 0.15) is 24.5 Å². The van der Waals surface area contributed by atoms with Crippen LogP contribution in [0, 0.1) is 13.8 Å². The van der Waals surface area contributed by atoms with Gasteiger partial charge in [-0.05, 0) is 67.8 Å². The molecule has 8 heteroatoms. The fraction of sp³-hybridized carbons (Fsp3) is 0.208. The second-order valence-electron chi connectivity index (χ2n) is 7.33. The fourth-order valence-electron chi connectivity index (χ4n) is 3.12. The summed E-state index contributed by atoms with van der Waals surface area (Å²) in [5.74, 6) is 0.0758. The predicted octanol–water partition coefficient (Wildman–Crippen LogP) is 5.55. The Hall–Kier alpha value is -3.03. The number of anilines is 2. The number of sulfonamides is 1. The van der Waals surface area contributed by atoms with Crippen molar-refractivity contribution in [1.82, 2.24) is 0 Å². The first-order valence-corrected chi connectivity index (χ1v) is 12.0. The lowest BCUT2D eigenvalue weighted by atomic mass is 10.1. The van der Waals surface area contributed by atoms with Crippen LogP contribution in [0.3, 0.4) is 0 Å². The highest BCUT2D eigenvalue weighted by Gasteiger charge is 2.21. The van der Waals surface area contributed by atoms with Crippen LogP contribution < -0.4 is 14.8 Å². The quantitative estimate of drug-likeness (QED) is 0.450. The molecule has 0 aliphatic carbocycles. The van der Waals surface area contributed by atoms with Crippen LogP contribution in [0.25, 0.3) is 0 Å². The minimum absolute atomic E-state index is 0.0949. The van der Waals surface area contributed by atoms with E-state index in [1.165, 1.54) is 12.1 Å². The largest absolute Gasteiger partial charge is 0.479 e. The highest BCUT2D eigenvalue weighted by molar-refractivity contribution is 7.92. The normalized spacial score (nSPS) is 12.1. The van der Waals surface area contributed by atoms with Crippen molar-refractivity contribution in [2.24, 2.45) is 0 Å². The molecule has 0 spiro atoms. The summed E-state index contributed by atoms with van der Waals surface area (Å²) in [7, 11) is -3.77. The van der Waals surface area contributed by atoms with Gasteiger partial charge in [0.2, 0.25) is 0 Å². The molecule has 0 radical (unpaired) electrons. The smallest absolute Gasteiger partial charge is 0.265 e. The highest BCUT2D eigenvalue weighted by atomic mass is 35.5. The van der Waals surface area contributed by atoms with E-state index in [0.717, 1.165) is 11.1 Å². The lowest BCUT2D eigenvalue weighted by Crippen LogP contribution is -2.32. The van der Waals surface area contributed by atoms with Gasteiger partial charge >= 0.3 is 0 Å². The average Bonchev–Trinajstić information content (AvgIpc) is 2.76. The Labute approximate surface area is 193 Å². The van der Waals surface area contributed by atoms with Gasteiger partial charge in [0.1, 0.15) is 5.75 Å². The molecular formula is C24H25ClN2O4S. The number of para-hydroxylation sites is 2. The molecule has 168 valence electrons. The van der Waals surface area contributed by atoms with E-state index < -0.39 is 16.1 Å². The number of nitrogens with one attached hydrogen (secondary N) is 2. The molecule has 0 saturated heterocycles. The van der Waals surface area contributed by atoms with Gasteiger partial charge in [-0.1, -0.05) is 48.9 Å². The summed E-state index contributed by atoms with van der Waals surface area (Å²) in [5, 5.41) is 3.18. The summed E-state index contributed by atoms with van der Waals surface area (Å²) in [6.07, 6.45) is -0.313. The monoisotopic (exact) mass is 472 g/mol. The first-order chi connectivity index (χ1) is 15.2. The number of hydrogen-bond donors (Lipinski definition) is 2. The molecule has 0 unspecified atom stereocenters. The Morgan fingerprint density at radius 3 is 2.19 bits per heavy atom. The summed E-state index contributed by atoms with van der Waals surface area (Å²) >= 11 is 6.11. The standard InChI is InChI=1S/C24H25ClN2O4S/c1-4-21(31-22-11-6-5-10-20(22)25)24(28)26-18-12-14-19(15-13-18)32(29,30)27-23-16(2)8-7-9-17(23)3/h5-15,21,27H,4H2,1-3H3,(H,26,28)/t21-/m1/s1. The number of hydrogen-bond acceptors (Lipinski definition) is 4. The molecule has 0 heterocycles. The second kappa shape index (κ2) is 10.1. The van der Waals surface area contributed by atoms with Gasteiger partial charge in [0, 0.05) is 5.69 Å². The molecule has 0 fully saturated rings. The van der Waals surface area contributed by atoms with Crippen molar-refractivity contribution < 1.29 is 17.9 Å². The average molecular weight is 473 g/mol. The molecule has 0 saturated carbocycles. The zero-order valence-corrected chi connectivity index (χ0v) is 19.6. The summed E-state index contributed by atoms with van der Waals surface area (Å²) in [4.78, 5) is 12.7. The Kier molecular flexibility index (Phi) is 7.43. The maximum absolute atomic E-state index is 12.8. The number of rotatable bonds is 8. The van der Waals surface area contributed by atoms with E-state index >= 15 is 0 Å². The molecule has 3 aromatic rings. The van der Waals surface area contributed by atoms with Crippen molar-refractivity contribution in [3.63, 3.8) is 0 Å². The van der Waals surface area contributed by atoms with Crippen molar-refractivity contribution in [2.45, 2.75) is 38.2 Å². The molecule has 6 nitrogen and oxygen atoms in total. The molecule has 0 aliphatic heterocycles. The molecule has 0 aromatic heterocycles. The number of benzene rings is 3. The number of ether oxygens (including phenoxy) is 1. The van der Waals surface area contributed by atoms with Gasteiger partial charge in [0.15, 0.2) is 6.10 Å². The number of carbonyl (C=O) groups excluding carboxylic acids is 1. The third kappa shape index (κ3) is 5.60. The van der Waals surface area contributed by atoms with Gasteiger partial charge in [-0.25, -0.2) is 8.42 Å². The number of aryl methyl sites for hydroxylation is 2. The molecule has 1 atom stereocenters. The van der Waals surface area contributed by atoms with Crippen LogP contribution in [0.5, 0.6) is 5.75 Å². The summed E-state index contributed by atoms with van der Waals surface area (Å²) in [5.41, 5.74) is 2.69. The van der Waals surface area contributed by atoms with E-state index in [0.29, 0.717) is 28.6 Å². The fourth-order valence-corrected chi connectivity index (χ4v) is 4.51. The van der Waals surface area contributed by atoms with Crippen LogP contribution in [0.15, 0.2) is 71.6 Å². The van der Waals surface area contributed by atoms with E-state index in [1.54, 1.807) is 36.4 Å². The Morgan fingerprint density at radius 1 is 0.969 bits per heavy atom. The SMILES string of the molecule is CC[C@@H](Oc1ccccc1Cl)C(=O)Nc1ccc(S(=O)(=O)Nc2c(C)cccc2C)cc1. The number of carbonyl (C=O) groups is 1. The van der Waals surface area contributed by atoms with Gasteiger partial charge in [0.25, 0.3) is 15.9 Å². The van der Waals surface area contributed by atoms with E-state index in [-0.39, 0.29) is 10.8 Å². The molecular weight excluding hydrogens is 448 g/mol. The van der Waals surface area contributed by atoms with Gasteiger partial charge in [0.05, 0.1) is 15.6 Å². The van der Waals surface area contributed by atoms with Gasteiger partial charge in [-0.3, -0.25) is 9.52 Å². The zero-order valence-electron chi connectivity index (χ0n) is 18.1. The predicted molar refractivity (Wildman–Crippen MR) is 128 cm³/mol. The van der Waals surface area contributed by atoms with Crippen molar-refractivity contribution in [1.29, 1.82) is 0 Å².